The molecule has 2 amide bonds. The van der Waals surface area contributed by atoms with Crippen LogP contribution < -0.4 is 11.1 Å². The fourth-order valence-corrected chi connectivity index (χ4v) is 3.72. The van der Waals surface area contributed by atoms with Crippen molar-refractivity contribution in [2.24, 2.45) is 5.73 Å². The Labute approximate surface area is 188 Å². The number of alkyl halides is 3. The van der Waals surface area contributed by atoms with Gasteiger partial charge in [-0.05, 0) is 42.3 Å². The molecule has 0 spiro atoms. The Morgan fingerprint density at radius 2 is 1.64 bits per heavy atom. The molecule has 0 fully saturated rings. The second-order valence-corrected chi connectivity index (χ2v) is 9.57. The van der Waals surface area contributed by atoms with E-state index in [9.17, 15) is 36.3 Å². The molecule has 0 aliphatic heterocycles. The number of rotatable bonds is 8. The molecular formula is C21H23F3N2O6S. The van der Waals surface area contributed by atoms with Crippen molar-refractivity contribution in [2.45, 2.75) is 36.4 Å². The summed E-state index contributed by atoms with van der Waals surface area (Å²) in [6.07, 6.45) is -6.02. The Morgan fingerprint density at radius 1 is 1.09 bits per heavy atom. The first-order valence-electron chi connectivity index (χ1n) is 9.64. The number of amides is 2. The second-order valence-electron chi connectivity index (χ2n) is 7.29. The van der Waals surface area contributed by atoms with E-state index < -0.39 is 51.7 Å². The molecule has 2 rings (SSSR count). The maximum Gasteiger partial charge on any atom is 0.421 e. The molecule has 0 saturated carbocycles. The number of aliphatic hydroxyl groups is 1. The van der Waals surface area contributed by atoms with E-state index in [0.717, 1.165) is 12.1 Å². The highest BCUT2D eigenvalue weighted by molar-refractivity contribution is 7.91. The molecule has 2 aromatic rings. The van der Waals surface area contributed by atoms with E-state index in [0.29, 0.717) is 12.5 Å². The number of sulfone groups is 1. The monoisotopic (exact) mass is 488 g/mol. The summed E-state index contributed by atoms with van der Waals surface area (Å²) in [6.45, 7) is 1.64. The van der Waals surface area contributed by atoms with Crippen LogP contribution in [0.4, 0.5) is 23.7 Å². The second kappa shape index (κ2) is 9.79. The lowest BCUT2D eigenvalue weighted by atomic mass is 9.95. The Hall–Kier alpha value is -3.12. The van der Waals surface area contributed by atoms with Crippen LogP contribution in [0.2, 0.25) is 0 Å². The predicted molar refractivity (Wildman–Crippen MR) is 113 cm³/mol. The predicted octanol–water partition coefficient (Wildman–Crippen LogP) is 3.07. The Bertz CT molecular complexity index is 1100. The molecule has 4 N–H and O–H groups in total. The van der Waals surface area contributed by atoms with Crippen molar-refractivity contribution >= 4 is 27.5 Å². The van der Waals surface area contributed by atoms with Gasteiger partial charge in [0.2, 0.25) is 5.91 Å². The number of ether oxygens (including phenoxy) is 1. The third kappa shape index (κ3) is 6.23. The summed E-state index contributed by atoms with van der Waals surface area (Å²) < 4.78 is 67.7. The Kier molecular flexibility index (Phi) is 7.75. The van der Waals surface area contributed by atoms with Gasteiger partial charge < -0.3 is 20.9 Å². The van der Waals surface area contributed by atoms with Gasteiger partial charge >= 0.3 is 12.3 Å². The Balaban J connectivity index is 2.27. The maximum absolute atomic E-state index is 13.0. The molecule has 12 heteroatoms. The van der Waals surface area contributed by atoms with Crippen LogP contribution in [0.1, 0.15) is 30.9 Å². The van der Waals surface area contributed by atoms with Crippen molar-refractivity contribution in [1.82, 2.24) is 0 Å². The van der Waals surface area contributed by atoms with Crippen LogP contribution >= 0.6 is 0 Å². The Morgan fingerprint density at radius 3 is 2.09 bits per heavy atom. The number of anilines is 1. The normalized spacial score (nSPS) is 14.7. The summed E-state index contributed by atoms with van der Waals surface area (Å²) in [5.74, 6) is -1.88. The molecule has 2 unspecified atom stereocenters. The van der Waals surface area contributed by atoms with Crippen LogP contribution in [0.3, 0.4) is 0 Å². The van der Waals surface area contributed by atoms with Crippen molar-refractivity contribution in [2.75, 3.05) is 17.7 Å². The first kappa shape index (κ1) is 26.1. The lowest BCUT2D eigenvalue weighted by Crippen LogP contribution is -2.39. The lowest BCUT2D eigenvalue weighted by molar-refractivity contribution is -0.258. The van der Waals surface area contributed by atoms with Crippen molar-refractivity contribution in [3.8, 4) is 0 Å². The molecule has 180 valence electrons. The number of nitrogens with one attached hydrogen (secondary N) is 1. The summed E-state index contributed by atoms with van der Waals surface area (Å²) in [6, 6.07) is 9.79. The molecule has 33 heavy (non-hydrogen) atoms. The minimum absolute atomic E-state index is 0.0519. The molecule has 0 radical (unpaired) electrons. The van der Waals surface area contributed by atoms with Gasteiger partial charge in [-0.3, -0.25) is 4.79 Å². The summed E-state index contributed by atoms with van der Waals surface area (Å²) in [5.41, 5.74) is 1.92. The molecule has 8 nitrogen and oxygen atoms in total. The molecule has 0 bridgehead atoms. The number of hydrogen-bond acceptors (Lipinski definition) is 6. The standard InChI is InChI=1S/C21H23F3N2O6S/c1-3-33(30,31)16-10-4-13(5-11-16)17(12-32-19(25)28)18(27)26-15-8-6-14(7-9-15)20(2,29)21(22,23)24/h4-11,17,29H,3,12H2,1-2H3,(H2,25,28)(H,26,27). The van der Waals surface area contributed by atoms with Crippen molar-refractivity contribution in [3.05, 3.63) is 59.7 Å². The minimum atomic E-state index is -4.90. The third-order valence-electron chi connectivity index (χ3n) is 5.00. The van der Waals surface area contributed by atoms with Gasteiger partial charge in [-0.2, -0.15) is 13.2 Å². The van der Waals surface area contributed by atoms with Gasteiger partial charge in [0.15, 0.2) is 15.4 Å². The SMILES string of the molecule is CCS(=O)(=O)c1ccc(C(COC(N)=O)C(=O)Nc2ccc(C(C)(O)C(F)(F)F)cc2)cc1. The molecule has 0 aromatic heterocycles. The van der Waals surface area contributed by atoms with E-state index in [1.54, 1.807) is 0 Å². The van der Waals surface area contributed by atoms with Gasteiger partial charge in [-0.1, -0.05) is 31.2 Å². The van der Waals surface area contributed by atoms with Crippen LogP contribution in [0.5, 0.6) is 0 Å². The fourth-order valence-electron chi connectivity index (χ4n) is 2.83. The highest BCUT2D eigenvalue weighted by atomic mass is 32.2. The zero-order chi connectivity index (χ0) is 25.0. The number of halogens is 3. The van der Waals surface area contributed by atoms with Gasteiger partial charge in [0.25, 0.3) is 0 Å². The lowest BCUT2D eigenvalue weighted by Gasteiger charge is -2.26. The number of primary amides is 1. The summed E-state index contributed by atoms with van der Waals surface area (Å²) in [7, 11) is -3.47. The summed E-state index contributed by atoms with van der Waals surface area (Å²) in [4.78, 5) is 23.9. The average molecular weight is 488 g/mol. The zero-order valence-electron chi connectivity index (χ0n) is 17.7. The number of hydrogen-bond donors (Lipinski definition) is 3. The average Bonchev–Trinajstić information content (AvgIpc) is 2.73. The van der Waals surface area contributed by atoms with Gasteiger partial charge in [0.05, 0.1) is 16.6 Å². The van der Waals surface area contributed by atoms with Crippen molar-refractivity contribution in [1.29, 1.82) is 0 Å². The topological polar surface area (TPSA) is 136 Å². The van der Waals surface area contributed by atoms with E-state index in [4.69, 9.17) is 10.5 Å². The molecule has 0 aliphatic carbocycles. The van der Waals surface area contributed by atoms with Crippen LogP contribution in [-0.2, 0) is 25.0 Å². The minimum Gasteiger partial charge on any atom is -0.449 e. The van der Waals surface area contributed by atoms with Gasteiger partial charge in [-0.15, -0.1) is 0 Å². The molecule has 0 aliphatic rings. The van der Waals surface area contributed by atoms with Crippen molar-refractivity contribution in [3.63, 3.8) is 0 Å². The smallest absolute Gasteiger partial charge is 0.421 e. The molecule has 2 aromatic carbocycles. The van der Waals surface area contributed by atoms with Crippen LogP contribution in [0.25, 0.3) is 0 Å². The van der Waals surface area contributed by atoms with Gasteiger partial charge in [-0.25, -0.2) is 13.2 Å². The van der Waals surface area contributed by atoms with Crippen LogP contribution in [0, 0.1) is 0 Å². The van der Waals surface area contributed by atoms with E-state index in [1.807, 2.05) is 0 Å². The molecule has 0 saturated heterocycles. The number of nitrogens with two attached hydrogens (primary N) is 1. The quantitative estimate of drug-likeness (QED) is 0.523. The van der Waals surface area contributed by atoms with Crippen LogP contribution in [0.15, 0.2) is 53.4 Å². The van der Waals surface area contributed by atoms with Crippen LogP contribution in [-0.4, -0.2) is 44.1 Å². The highest BCUT2D eigenvalue weighted by Crippen LogP contribution is 2.38. The van der Waals surface area contributed by atoms with E-state index >= 15 is 0 Å². The molecule has 0 heterocycles. The largest absolute Gasteiger partial charge is 0.449 e. The summed E-state index contributed by atoms with van der Waals surface area (Å²) in [5, 5.41) is 12.2. The first-order valence-corrected chi connectivity index (χ1v) is 11.3. The fraction of sp³-hybridized carbons (Fsp3) is 0.333. The number of carbonyl (C=O) groups excluding carboxylic acids is 2. The number of carbonyl (C=O) groups is 2. The summed E-state index contributed by atoms with van der Waals surface area (Å²) >= 11 is 0. The third-order valence-corrected chi connectivity index (χ3v) is 6.75. The number of benzene rings is 2. The van der Waals surface area contributed by atoms with Crippen molar-refractivity contribution < 1.29 is 41.0 Å². The molecule has 2 atom stereocenters. The highest BCUT2D eigenvalue weighted by Gasteiger charge is 2.51. The molecular weight excluding hydrogens is 465 g/mol. The van der Waals surface area contributed by atoms with E-state index in [2.05, 4.69) is 5.32 Å². The maximum atomic E-state index is 13.0. The van der Waals surface area contributed by atoms with E-state index in [-0.39, 0.29) is 16.3 Å². The zero-order valence-corrected chi connectivity index (χ0v) is 18.5. The van der Waals surface area contributed by atoms with E-state index in [1.165, 1.54) is 43.3 Å². The van der Waals surface area contributed by atoms with Gasteiger partial charge in [0, 0.05) is 5.69 Å². The first-order chi connectivity index (χ1) is 15.2. The van der Waals surface area contributed by atoms with Gasteiger partial charge in [0.1, 0.15) is 6.61 Å².